The fraction of sp³-hybridized carbons (Fsp3) is 0.231. The lowest BCUT2D eigenvalue weighted by atomic mass is 9.99. The zero-order valence-electron chi connectivity index (χ0n) is 10.3. The van der Waals surface area contributed by atoms with E-state index in [2.05, 4.69) is 15.3 Å². The van der Waals surface area contributed by atoms with E-state index in [0.29, 0.717) is 6.54 Å². The van der Waals surface area contributed by atoms with Gasteiger partial charge in [0.05, 0.1) is 5.39 Å². The molecule has 0 bridgehead atoms. The van der Waals surface area contributed by atoms with Crippen molar-refractivity contribution in [1.82, 2.24) is 9.97 Å². The van der Waals surface area contributed by atoms with Gasteiger partial charge in [-0.25, -0.2) is 9.97 Å². The van der Waals surface area contributed by atoms with Crippen molar-refractivity contribution in [2.24, 2.45) is 0 Å². The summed E-state index contributed by atoms with van der Waals surface area (Å²) in [5.41, 5.74) is 0.00781. The Morgan fingerprint density at radius 2 is 2.21 bits per heavy atom. The van der Waals surface area contributed by atoms with Crippen LogP contribution in [0.15, 0.2) is 34.6 Å². The Balaban J connectivity index is 1.81. The van der Waals surface area contributed by atoms with E-state index in [1.165, 1.54) is 0 Å². The molecule has 1 unspecified atom stereocenters. The summed E-state index contributed by atoms with van der Waals surface area (Å²) in [7, 11) is 0. The van der Waals surface area contributed by atoms with Crippen LogP contribution in [0.4, 0.5) is 5.82 Å². The van der Waals surface area contributed by atoms with Crippen molar-refractivity contribution in [2.75, 3.05) is 11.9 Å². The van der Waals surface area contributed by atoms with Crippen molar-refractivity contribution in [2.45, 2.75) is 12.5 Å². The predicted octanol–water partition coefficient (Wildman–Crippen LogP) is 3.07. The van der Waals surface area contributed by atoms with Crippen molar-refractivity contribution in [3.63, 3.8) is 0 Å². The molecule has 0 saturated carbocycles. The van der Waals surface area contributed by atoms with Gasteiger partial charge >= 0.3 is 0 Å². The summed E-state index contributed by atoms with van der Waals surface area (Å²) >= 11 is 3.16. The predicted molar refractivity (Wildman–Crippen MR) is 79.8 cm³/mol. The smallest absolute Gasteiger partial charge is 0.138 e. The number of hydrogen-bond donors (Lipinski definition) is 2. The third kappa shape index (κ3) is 2.47. The van der Waals surface area contributed by atoms with Gasteiger partial charge in [-0.1, -0.05) is 0 Å². The molecular weight excluding hydrogens is 278 g/mol. The van der Waals surface area contributed by atoms with E-state index in [9.17, 15) is 5.11 Å². The summed E-state index contributed by atoms with van der Waals surface area (Å²) in [4.78, 5) is 9.39. The Bertz CT molecular complexity index is 676. The second-order valence-electron chi connectivity index (χ2n) is 4.50. The Morgan fingerprint density at radius 3 is 3.00 bits per heavy atom. The molecule has 0 radical (unpaired) electrons. The number of nitrogens with one attached hydrogen (secondary N) is 1. The normalized spacial score (nSPS) is 14.4. The SMILES string of the molecule is CC(O)(CNc1ncnc2sccc12)c1ccsc1. The van der Waals surface area contributed by atoms with Crippen molar-refractivity contribution in [1.29, 1.82) is 0 Å². The summed E-state index contributed by atoms with van der Waals surface area (Å²) in [5.74, 6) is 0.766. The van der Waals surface area contributed by atoms with E-state index < -0.39 is 5.60 Å². The summed E-state index contributed by atoms with van der Waals surface area (Å²) in [6, 6.07) is 3.92. The largest absolute Gasteiger partial charge is 0.384 e. The summed E-state index contributed by atoms with van der Waals surface area (Å²) in [6.45, 7) is 2.21. The number of anilines is 1. The standard InChI is InChI=1S/C13H13N3OS2/c1-13(17,9-2-4-18-6-9)7-14-11-10-3-5-19-12(10)16-8-15-11/h2-6,8,17H,7H2,1H3,(H,14,15,16). The van der Waals surface area contributed by atoms with E-state index in [-0.39, 0.29) is 0 Å². The Kier molecular flexibility index (Phi) is 3.22. The van der Waals surface area contributed by atoms with Gasteiger partial charge in [0.15, 0.2) is 0 Å². The molecule has 6 heteroatoms. The minimum Gasteiger partial charge on any atom is -0.384 e. The maximum absolute atomic E-state index is 10.5. The van der Waals surface area contributed by atoms with Gasteiger partial charge in [0.25, 0.3) is 0 Å². The molecule has 19 heavy (non-hydrogen) atoms. The highest BCUT2D eigenvalue weighted by atomic mass is 32.1. The fourth-order valence-corrected chi connectivity index (χ4v) is 3.38. The van der Waals surface area contributed by atoms with Gasteiger partial charge in [0.1, 0.15) is 22.6 Å². The zero-order chi connectivity index (χ0) is 13.3. The number of nitrogens with zero attached hydrogens (tertiary/aromatic N) is 2. The van der Waals surface area contributed by atoms with E-state index in [0.717, 1.165) is 21.6 Å². The second-order valence-corrected chi connectivity index (χ2v) is 6.18. The van der Waals surface area contributed by atoms with Gasteiger partial charge in [-0.15, -0.1) is 11.3 Å². The molecule has 0 spiro atoms. The van der Waals surface area contributed by atoms with Crippen LogP contribution in [-0.2, 0) is 5.60 Å². The maximum Gasteiger partial charge on any atom is 0.138 e. The molecule has 98 valence electrons. The van der Waals surface area contributed by atoms with Gasteiger partial charge < -0.3 is 10.4 Å². The van der Waals surface area contributed by atoms with Crippen molar-refractivity contribution >= 4 is 38.7 Å². The first-order valence-electron chi connectivity index (χ1n) is 5.84. The van der Waals surface area contributed by atoms with E-state index in [1.54, 1.807) is 35.9 Å². The highest BCUT2D eigenvalue weighted by molar-refractivity contribution is 7.16. The van der Waals surface area contributed by atoms with E-state index in [4.69, 9.17) is 0 Å². The third-order valence-corrected chi connectivity index (χ3v) is 4.51. The van der Waals surface area contributed by atoms with Gasteiger partial charge in [0.2, 0.25) is 0 Å². The molecular formula is C13H13N3OS2. The van der Waals surface area contributed by atoms with Crippen LogP contribution in [0.1, 0.15) is 12.5 Å². The number of aliphatic hydroxyl groups is 1. The minimum absolute atomic E-state index is 0.408. The van der Waals surface area contributed by atoms with Crippen molar-refractivity contribution in [3.8, 4) is 0 Å². The first-order valence-corrected chi connectivity index (χ1v) is 7.66. The molecule has 0 amide bonds. The molecule has 3 heterocycles. The first kappa shape index (κ1) is 12.5. The van der Waals surface area contributed by atoms with Crippen LogP contribution >= 0.6 is 22.7 Å². The van der Waals surface area contributed by atoms with Gasteiger partial charge in [-0.3, -0.25) is 0 Å². The van der Waals surface area contributed by atoms with E-state index >= 15 is 0 Å². The molecule has 1 atom stereocenters. The van der Waals surface area contributed by atoms with Gasteiger partial charge in [-0.05, 0) is 40.8 Å². The molecule has 0 aromatic carbocycles. The molecule has 2 N–H and O–H groups in total. The van der Waals surface area contributed by atoms with Crippen LogP contribution in [0.2, 0.25) is 0 Å². The van der Waals surface area contributed by atoms with Crippen LogP contribution in [0, 0.1) is 0 Å². The van der Waals surface area contributed by atoms with Crippen LogP contribution in [-0.4, -0.2) is 21.6 Å². The molecule has 3 rings (SSSR count). The lowest BCUT2D eigenvalue weighted by molar-refractivity contribution is 0.0719. The quantitative estimate of drug-likeness (QED) is 0.775. The fourth-order valence-electron chi connectivity index (χ4n) is 1.86. The summed E-state index contributed by atoms with van der Waals surface area (Å²) in [5, 5.41) is 20.6. The minimum atomic E-state index is -0.909. The number of fused-ring (bicyclic) bond motifs is 1. The third-order valence-electron chi connectivity index (χ3n) is 3.00. The Morgan fingerprint density at radius 1 is 1.32 bits per heavy atom. The highest BCUT2D eigenvalue weighted by Crippen LogP contribution is 2.26. The molecule has 4 nitrogen and oxygen atoms in total. The lowest BCUT2D eigenvalue weighted by Crippen LogP contribution is -2.30. The lowest BCUT2D eigenvalue weighted by Gasteiger charge is -2.23. The molecule has 3 aromatic rings. The summed E-state index contributed by atoms with van der Waals surface area (Å²) in [6.07, 6.45) is 1.54. The van der Waals surface area contributed by atoms with Gasteiger partial charge in [0, 0.05) is 6.54 Å². The molecule has 0 aliphatic heterocycles. The first-order chi connectivity index (χ1) is 9.17. The second kappa shape index (κ2) is 4.88. The Labute approximate surface area is 118 Å². The van der Waals surface area contributed by atoms with Crippen molar-refractivity contribution in [3.05, 3.63) is 40.2 Å². The van der Waals surface area contributed by atoms with Crippen molar-refractivity contribution < 1.29 is 5.11 Å². The number of thiophene rings is 2. The molecule has 3 aromatic heterocycles. The number of hydrogen-bond acceptors (Lipinski definition) is 6. The molecule has 0 fully saturated rings. The van der Waals surface area contributed by atoms with E-state index in [1.807, 2.05) is 28.3 Å². The maximum atomic E-state index is 10.5. The average molecular weight is 291 g/mol. The van der Waals surface area contributed by atoms with Gasteiger partial charge in [-0.2, -0.15) is 11.3 Å². The number of rotatable bonds is 4. The molecule has 0 saturated heterocycles. The average Bonchev–Trinajstić information content (AvgIpc) is 3.07. The van der Waals surface area contributed by atoms with Crippen LogP contribution in [0.25, 0.3) is 10.2 Å². The topological polar surface area (TPSA) is 58.0 Å². The van der Waals surface area contributed by atoms with Crippen LogP contribution in [0.3, 0.4) is 0 Å². The Hall–Kier alpha value is -1.50. The molecule has 0 aliphatic carbocycles. The zero-order valence-corrected chi connectivity index (χ0v) is 12.0. The van der Waals surface area contributed by atoms with Crippen LogP contribution in [0.5, 0.6) is 0 Å². The molecule has 0 aliphatic rings. The number of aromatic nitrogens is 2. The summed E-state index contributed by atoms with van der Waals surface area (Å²) < 4.78 is 0. The monoisotopic (exact) mass is 291 g/mol. The van der Waals surface area contributed by atoms with Crippen LogP contribution < -0.4 is 5.32 Å². The highest BCUT2D eigenvalue weighted by Gasteiger charge is 2.23.